The number of benzene rings is 1. The lowest BCUT2D eigenvalue weighted by atomic mass is 10.1. The van der Waals surface area contributed by atoms with Crippen molar-refractivity contribution in [2.75, 3.05) is 57.5 Å². The number of morpholine rings is 1. The molecule has 3 rings (SSSR count). The minimum absolute atomic E-state index is 0.102. The van der Waals surface area contributed by atoms with Gasteiger partial charge in [-0.2, -0.15) is 11.8 Å². The molecule has 2 aliphatic heterocycles. The summed E-state index contributed by atoms with van der Waals surface area (Å²) in [4.78, 5) is 17.8. The van der Waals surface area contributed by atoms with E-state index in [1.54, 1.807) is 0 Å². The zero-order valence-corrected chi connectivity index (χ0v) is 15.8. The Morgan fingerprint density at radius 1 is 1.28 bits per heavy atom. The fourth-order valence-electron chi connectivity index (χ4n) is 3.41. The van der Waals surface area contributed by atoms with Gasteiger partial charge in [-0.25, -0.2) is 0 Å². The molecule has 1 aromatic rings. The third-order valence-electron chi connectivity index (χ3n) is 4.69. The largest absolute Gasteiger partial charge is 0.493 e. The van der Waals surface area contributed by atoms with Crippen molar-refractivity contribution >= 4 is 17.7 Å². The molecule has 0 saturated carbocycles. The summed E-state index contributed by atoms with van der Waals surface area (Å²) in [5, 5.41) is 0. The number of ether oxygens (including phenoxy) is 2. The van der Waals surface area contributed by atoms with Gasteiger partial charge in [0.25, 0.3) is 5.91 Å². The second-order valence-electron chi connectivity index (χ2n) is 6.42. The Hall–Kier alpha value is -1.24. The lowest BCUT2D eigenvalue weighted by Crippen LogP contribution is -2.50. The van der Waals surface area contributed by atoms with Crippen LogP contribution in [0.4, 0.5) is 0 Å². The molecule has 25 heavy (non-hydrogen) atoms. The highest BCUT2D eigenvalue weighted by molar-refractivity contribution is 7.99. The van der Waals surface area contributed by atoms with Gasteiger partial charge in [0.2, 0.25) is 0 Å². The third kappa shape index (κ3) is 4.90. The van der Waals surface area contributed by atoms with Gasteiger partial charge >= 0.3 is 0 Å². The van der Waals surface area contributed by atoms with Crippen LogP contribution in [0, 0.1) is 0 Å². The number of nitrogens with zero attached hydrogens (tertiary/aromatic N) is 2. The summed E-state index contributed by atoms with van der Waals surface area (Å²) in [7, 11) is 0. The van der Waals surface area contributed by atoms with E-state index in [4.69, 9.17) is 9.47 Å². The van der Waals surface area contributed by atoms with Gasteiger partial charge in [-0.3, -0.25) is 9.69 Å². The predicted octanol–water partition coefficient (Wildman–Crippen LogP) is 2.37. The molecule has 1 amide bonds. The van der Waals surface area contributed by atoms with Crippen LogP contribution in [-0.2, 0) is 4.74 Å². The van der Waals surface area contributed by atoms with Crippen molar-refractivity contribution in [2.45, 2.75) is 19.4 Å². The molecule has 2 fully saturated rings. The second-order valence-corrected chi connectivity index (χ2v) is 7.57. The van der Waals surface area contributed by atoms with E-state index < -0.39 is 0 Å². The smallest absolute Gasteiger partial charge is 0.257 e. The highest BCUT2D eigenvalue weighted by Crippen LogP contribution is 2.24. The summed E-state index contributed by atoms with van der Waals surface area (Å²) < 4.78 is 11.1. The molecule has 0 aromatic heterocycles. The molecule has 5 nitrogen and oxygen atoms in total. The number of amides is 1. The monoisotopic (exact) mass is 364 g/mol. The zero-order valence-electron chi connectivity index (χ0n) is 15.0. The van der Waals surface area contributed by atoms with Crippen molar-refractivity contribution in [3.05, 3.63) is 29.8 Å². The van der Waals surface area contributed by atoms with Crippen LogP contribution in [0.5, 0.6) is 5.75 Å². The first-order valence-corrected chi connectivity index (χ1v) is 10.4. The van der Waals surface area contributed by atoms with E-state index in [1.807, 2.05) is 43.0 Å². The van der Waals surface area contributed by atoms with Crippen LogP contribution in [0.2, 0.25) is 0 Å². The van der Waals surface area contributed by atoms with Gasteiger partial charge < -0.3 is 14.4 Å². The van der Waals surface area contributed by atoms with Crippen molar-refractivity contribution in [1.29, 1.82) is 0 Å². The molecule has 6 heteroatoms. The Morgan fingerprint density at radius 2 is 2.08 bits per heavy atom. The Morgan fingerprint density at radius 3 is 2.88 bits per heavy atom. The summed E-state index contributed by atoms with van der Waals surface area (Å²) in [6.07, 6.45) is 1.05. The Labute approximate surface area is 154 Å². The minimum atomic E-state index is 0.102. The average Bonchev–Trinajstić information content (AvgIpc) is 2.88. The van der Waals surface area contributed by atoms with E-state index in [1.165, 1.54) is 0 Å². The molecule has 2 aliphatic rings. The minimum Gasteiger partial charge on any atom is -0.493 e. The first-order valence-electron chi connectivity index (χ1n) is 9.20. The van der Waals surface area contributed by atoms with Crippen molar-refractivity contribution in [2.24, 2.45) is 0 Å². The number of thioether (sulfide) groups is 1. The quantitative estimate of drug-likeness (QED) is 0.802. The van der Waals surface area contributed by atoms with Gasteiger partial charge in [-0.15, -0.1) is 0 Å². The van der Waals surface area contributed by atoms with Crippen LogP contribution in [0.1, 0.15) is 23.7 Å². The van der Waals surface area contributed by atoms with Gasteiger partial charge in [-0.1, -0.05) is 12.1 Å². The summed E-state index contributed by atoms with van der Waals surface area (Å²) in [5.74, 6) is 2.91. The SMILES string of the molecule is CCOc1ccccc1C(=O)N1CCCSCC1CN1CCOCC1. The molecule has 1 atom stereocenters. The van der Waals surface area contributed by atoms with E-state index in [2.05, 4.69) is 9.80 Å². The molecule has 1 aromatic carbocycles. The van der Waals surface area contributed by atoms with Crippen molar-refractivity contribution in [1.82, 2.24) is 9.80 Å². The molecule has 1 unspecified atom stereocenters. The topological polar surface area (TPSA) is 42.0 Å². The van der Waals surface area contributed by atoms with Gasteiger partial charge in [0, 0.05) is 31.9 Å². The van der Waals surface area contributed by atoms with Crippen molar-refractivity contribution < 1.29 is 14.3 Å². The summed E-state index contributed by atoms with van der Waals surface area (Å²) >= 11 is 1.96. The second kappa shape index (κ2) is 9.46. The van der Waals surface area contributed by atoms with Crippen LogP contribution < -0.4 is 4.74 Å². The maximum Gasteiger partial charge on any atom is 0.257 e. The van der Waals surface area contributed by atoms with Gasteiger partial charge in [-0.05, 0) is 31.2 Å². The average molecular weight is 365 g/mol. The summed E-state index contributed by atoms with van der Waals surface area (Å²) in [6.45, 7) is 7.77. The molecule has 0 N–H and O–H groups in total. The maximum absolute atomic E-state index is 13.3. The number of hydrogen-bond acceptors (Lipinski definition) is 5. The van der Waals surface area contributed by atoms with Gasteiger partial charge in [0.05, 0.1) is 31.4 Å². The van der Waals surface area contributed by atoms with Crippen LogP contribution in [0.3, 0.4) is 0 Å². The Bertz CT molecular complexity index is 563. The zero-order chi connectivity index (χ0) is 17.5. The van der Waals surface area contributed by atoms with E-state index in [-0.39, 0.29) is 11.9 Å². The molecule has 0 spiro atoms. The van der Waals surface area contributed by atoms with Gasteiger partial charge in [0.1, 0.15) is 5.75 Å². The van der Waals surface area contributed by atoms with Gasteiger partial charge in [0.15, 0.2) is 0 Å². The summed E-state index contributed by atoms with van der Waals surface area (Å²) in [6, 6.07) is 7.86. The fourth-order valence-corrected chi connectivity index (χ4v) is 4.47. The number of carbonyl (C=O) groups excluding carboxylic acids is 1. The Kier molecular flexibility index (Phi) is 7.02. The van der Waals surface area contributed by atoms with Crippen molar-refractivity contribution in [3.8, 4) is 5.75 Å². The number of hydrogen-bond donors (Lipinski definition) is 0. The first-order chi connectivity index (χ1) is 12.3. The van der Waals surface area contributed by atoms with Crippen LogP contribution >= 0.6 is 11.8 Å². The summed E-state index contributed by atoms with van der Waals surface area (Å²) in [5.41, 5.74) is 0.684. The third-order valence-corrected chi connectivity index (χ3v) is 5.89. The normalized spacial score (nSPS) is 22.4. The van der Waals surface area contributed by atoms with Crippen molar-refractivity contribution in [3.63, 3.8) is 0 Å². The van der Waals surface area contributed by atoms with E-state index in [0.29, 0.717) is 17.9 Å². The first kappa shape index (κ1) is 18.5. The highest BCUT2D eigenvalue weighted by atomic mass is 32.2. The maximum atomic E-state index is 13.3. The van der Waals surface area contributed by atoms with Crippen LogP contribution in [-0.4, -0.2) is 79.3 Å². The standard InChI is InChI=1S/C19H28N2O3S/c1-2-24-18-7-4-3-6-17(18)19(22)21-8-5-13-25-15-16(21)14-20-9-11-23-12-10-20/h3-4,6-7,16H,2,5,8-15H2,1H3. The lowest BCUT2D eigenvalue weighted by Gasteiger charge is -2.36. The molecule has 2 saturated heterocycles. The molecule has 2 heterocycles. The van der Waals surface area contributed by atoms with E-state index >= 15 is 0 Å². The molecular weight excluding hydrogens is 336 g/mol. The fraction of sp³-hybridized carbons (Fsp3) is 0.632. The number of para-hydroxylation sites is 1. The predicted molar refractivity (Wildman–Crippen MR) is 102 cm³/mol. The number of carbonyl (C=O) groups is 1. The number of rotatable bonds is 5. The van der Waals surface area contributed by atoms with Crippen LogP contribution in [0.15, 0.2) is 24.3 Å². The Balaban J connectivity index is 1.77. The molecule has 0 bridgehead atoms. The van der Waals surface area contributed by atoms with E-state index in [0.717, 1.165) is 57.3 Å². The molecule has 0 radical (unpaired) electrons. The van der Waals surface area contributed by atoms with Crippen LogP contribution in [0.25, 0.3) is 0 Å². The molecular formula is C19H28N2O3S. The van der Waals surface area contributed by atoms with E-state index in [9.17, 15) is 4.79 Å². The lowest BCUT2D eigenvalue weighted by molar-refractivity contribution is 0.0244. The molecule has 0 aliphatic carbocycles. The molecule has 138 valence electrons. The highest BCUT2D eigenvalue weighted by Gasteiger charge is 2.30.